The summed E-state index contributed by atoms with van der Waals surface area (Å²) in [5.41, 5.74) is 4.20. The van der Waals surface area contributed by atoms with E-state index in [0.29, 0.717) is 17.5 Å². The van der Waals surface area contributed by atoms with E-state index in [1.165, 1.54) is 18.5 Å². The molecule has 1 aliphatic heterocycles. The first kappa shape index (κ1) is 24.5. The van der Waals surface area contributed by atoms with Gasteiger partial charge < -0.3 is 10.6 Å². The normalized spacial score (nSPS) is 15.8. The number of aromatic nitrogens is 5. The molecule has 0 saturated carbocycles. The van der Waals surface area contributed by atoms with Crippen LogP contribution in [-0.4, -0.2) is 52.1 Å². The van der Waals surface area contributed by atoms with E-state index in [-0.39, 0.29) is 15.7 Å². The van der Waals surface area contributed by atoms with Crippen molar-refractivity contribution in [3.8, 4) is 11.3 Å². The number of fused-ring (bicyclic) bond motifs is 2. The first-order valence-electron chi connectivity index (χ1n) is 12.3. The van der Waals surface area contributed by atoms with Crippen molar-refractivity contribution in [2.75, 3.05) is 23.1 Å². The summed E-state index contributed by atoms with van der Waals surface area (Å²) in [6.07, 6.45) is 4.99. The van der Waals surface area contributed by atoms with Gasteiger partial charge in [0.05, 0.1) is 16.2 Å². The van der Waals surface area contributed by atoms with Gasteiger partial charge in [-0.05, 0) is 61.3 Å². The van der Waals surface area contributed by atoms with Crippen LogP contribution in [0.25, 0.3) is 27.7 Å². The number of rotatable bonds is 7. The van der Waals surface area contributed by atoms with Crippen molar-refractivity contribution in [2.45, 2.75) is 30.7 Å². The molecule has 38 heavy (non-hydrogen) atoms. The minimum Gasteiger partial charge on any atom is -0.350 e. The molecule has 0 unspecified atom stereocenters. The zero-order chi connectivity index (χ0) is 26.3. The molecule has 0 bridgehead atoms. The summed E-state index contributed by atoms with van der Waals surface area (Å²) in [4.78, 5) is 13.5. The maximum Gasteiger partial charge on any atom is 0.264 e. The van der Waals surface area contributed by atoms with Gasteiger partial charge in [-0.25, -0.2) is 27.9 Å². The fourth-order valence-electron chi connectivity index (χ4n) is 4.74. The van der Waals surface area contributed by atoms with Crippen LogP contribution >= 0.6 is 11.6 Å². The maximum absolute atomic E-state index is 13.0. The number of nitrogens with zero attached hydrogens (tertiary/aromatic N) is 5. The van der Waals surface area contributed by atoms with Gasteiger partial charge in [0.15, 0.2) is 5.82 Å². The summed E-state index contributed by atoms with van der Waals surface area (Å²) >= 11 is 6.13. The summed E-state index contributed by atoms with van der Waals surface area (Å²) in [5.74, 6) is 0.785. The Labute approximate surface area is 224 Å². The van der Waals surface area contributed by atoms with Crippen LogP contribution in [0.4, 0.5) is 11.8 Å². The van der Waals surface area contributed by atoms with Crippen LogP contribution in [0.3, 0.4) is 0 Å². The third kappa shape index (κ3) is 4.53. The smallest absolute Gasteiger partial charge is 0.264 e. The number of nitrogens with one attached hydrogen (secondary N) is 3. The average molecular weight is 549 g/mol. The van der Waals surface area contributed by atoms with Gasteiger partial charge in [0.2, 0.25) is 5.95 Å². The van der Waals surface area contributed by atoms with Crippen LogP contribution in [0.1, 0.15) is 18.9 Å². The molecule has 2 aromatic carbocycles. The van der Waals surface area contributed by atoms with Crippen molar-refractivity contribution in [3.05, 3.63) is 71.6 Å². The highest BCUT2D eigenvalue weighted by Crippen LogP contribution is 2.31. The predicted molar refractivity (Wildman–Crippen MR) is 148 cm³/mol. The van der Waals surface area contributed by atoms with Crippen LogP contribution < -0.4 is 15.4 Å². The summed E-state index contributed by atoms with van der Waals surface area (Å²) in [6.45, 7) is 3.99. The molecule has 10 nitrogen and oxygen atoms in total. The Morgan fingerprint density at radius 3 is 2.82 bits per heavy atom. The number of benzene rings is 2. The molecular weight excluding hydrogens is 524 g/mol. The number of hydrogen-bond acceptors (Lipinski definition) is 8. The Hall–Kier alpha value is -3.80. The van der Waals surface area contributed by atoms with Crippen molar-refractivity contribution in [1.82, 2.24) is 29.9 Å². The Kier molecular flexibility index (Phi) is 6.34. The van der Waals surface area contributed by atoms with Crippen molar-refractivity contribution in [3.63, 3.8) is 0 Å². The number of hydrogen-bond donors (Lipinski definition) is 3. The zero-order valence-electron chi connectivity index (χ0n) is 20.5. The second-order valence-electron chi connectivity index (χ2n) is 9.11. The van der Waals surface area contributed by atoms with E-state index in [2.05, 4.69) is 43.4 Å². The SMILES string of the molecule is CCc1cc(-c2ccc3c(NS(=O)(=O)c4ccccc4Cl)ncnn23)cc2cnc(N[C@H]3CCNC3)nc12. The largest absolute Gasteiger partial charge is 0.350 e. The number of halogens is 1. The first-order chi connectivity index (χ1) is 18.4. The summed E-state index contributed by atoms with van der Waals surface area (Å²) in [7, 11) is -3.96. The molecular formula is C26H25ClN8O2S. The molecule has 5 aromatic rings. The zero-order valence-corrected chi connectivity index (χ0v) is 22.1. The molecule has 0 aliphatic carbocycles. The molecule has 1 saturated heterocycles. The third-order valence-corrected chi connectivity index (χ3v) is 8.48. The standard InChI is InChI=1S/C26H25ClN8O2S/c1-2-16-11-17(12-18-13-29-26(33-24(16)18)32-19-9-10-28-14-19)21-7-8-22-25(30-15-31-35(21)22)34-38(36,37)23-6-4-3-5-20(23)27/h3-8,11-13,15,19,28H,2,9-10,14H2,1H3,(H,29,32,33)(H,30,31,34)/t19-/m0/s1. The Balaban J connectivity index is 1.37. The van der Waals surface area contributed by atoms with Crippen LogP contribution in [0, 0.1) is 0 Å². The van der Waals surface area contributed by atoms with Gasteiger partial charge in [-0.15, -0.1) is 0 Å². The Bertz CT molecular complexity index is 1770. The first-order valence-corrected chi connectivity index (χ1v) is 14.2. The lowest BCUT2D eigenvalue weighted by Crippen LogP contribution is -2.23. The van der Waals surface area contributed by atoms with Crippen LogP contribution in [0.15, 0.2) is 66.0 Å². The van der Waals surface area contributed by atoms with Crippen molar-refractivity contribution in [2.24, 2.45) is 0 Å². The fourth-order valence-corrected chi connectivity index (χ4v) is 6.29. The van der Waals surface area contributed by atoms with E-state index in [1.54, 1.807) is 22.7 Å². The van der Waals surface area contributed by atoms with E-state index in [4.69, 9.17) is 16.6 Å². The topological polar surface area (TPSA) is 126 Å². The highest BCUT2D eigenvalue weighted by atomic mass is 35.5. The molecule has 1 aliphatic rings. The van der Waals surface area contributed by atoms with E-state index in [1.807, 2.05) is 18.3 Å². The van der Waals surface area contributed by atoms with E-state index >= 15 is 0 Å². The molecule has 1 atom stereocenters. The second kappa shape index (κ2) is 9.82. The van der Waals surface area contributed by atoms with Gasteiger partial charge in [-0.1, -0.05) is 30.7 Å². The molecule has 3 N–H and O–H groups in total. The number of aryl methyl sites for hydroxylation is 1. The van der Waals surface area contributed by atoms with Gasteiger partial charge in [0.1, 0.15) is 16.7 Å². The summed E-state index contributed by atoms with van der Waals surface area (Å²) in [6, 6.07) is 14.4. The Morgan fingerprint density at radius 2 is 2.03 bits per heavy atom. The van der Waals surface area contributed by atoms with Gasteiger partial charge >= 0.3 is 0 Å². The third-order valence-electron chi connectivity index (χ3n) is 6.64. The van der Waals surface area contributed by atoms with Crippen molar-refractivity contribution in [1.29, 1.82) is 0 Å². The molecule has 194 valence electrons. The van der Waals surface area contributed by atoms with E-state index < -0.39 is 10.0 Å². The minimum atomic E-state index is -3.96. The lowest BCUT2D eigenvalue weighted by Gasteiger charge is -2.13. The second-order valence-corrected chi connectivity index (χ2v) is 11.2. The molecule has 0 radical (unpaired) electrons. The van der Waals surface area contributed by atoms with Gasteiger partial charge in [-0.2, -0.15) is 5.10 Å². The van der Waals surface area contributed by atoms with Crippen LogP contribution in [0.2, 0.25) is 5.02 Å². The maximum atomic E-state index is 13.0. The van der Waals surface area contributed by atoms with Gasteiger partial charge in [-0.3, -0.25) is 4.72 Å². The molecule has 1 fully saturated rings. The minimum absolute atomic E-state index is 0.0228. The number of anilines is 2. The lowest BCUT2D eigenvalue weighted by molar-refractivity contribution is 0.601. The highest BCUT2D eigenvalue weighted by Gasteiger charge is 2.21. The Morgan fingerprint density at radius 1 is 1.16 bits per heavy atom. The summed E-state index contributed by atoms with van der Waals surface area (Å²) < 4.78 is 30.3. The van der Waals surface area contributed by atoms with E-state index in [9.17, 15) is 8.42 Å². The van der Waals surface area contributed by atoms with Crippen LogP contribution in [0.5, 0.6) is 0 Å². The number of sulfonamides is 1. The summed E-state index contributed by atoms with van der Waals surface area (Å²) in [5, 5.41) is 12.2. The molecule has 6 rings (SSSR count). The predicted octanol–water partition coefficient (Wildman–Crippen LogP) is 4.13. The monoisotopic (exact) mass is 548 g/mol. The van der Waals surface area contributed by atoms with E-state index in [0.717, 1.165) is 53.7 Å². The average Bonchev–Trinajstić information content (AvgIpc) is 3.59. The lowest BCUT2D eigenvalue weighted by atomic mass is 10.0. The molecule has 3 aromatic heterocycles. The van der Waals surface area contributed by atoms with Crippen molar-refractivity contribution < 1.29 is 8.42 Å². The van der Waals surface area contributed by atoms with Gasteiger partial charge in [0, 0.05) is 29.7 Å². The molecule has 0 spiro atoms. The molecule has 12 heteroatoms. The fraction of sp³-hybridized carbons (Fsp3) is 0.231. The molecule has 4 heterocycles. The van der Waals surface area contributed by atoms with Crippen LogP contribution in [-0.2, 0) is 16.4 Å². The highest BCUT2D eigenvalue weighted by molar-refractivity contribution is 7.92. The van der Waals surface area contributed by atoms with Gasteiger partial charge in [0.25, 0.3) is 10.0 Å². The molecule has 0 amide bonds. The van der Waals surface area contributed by atoms with Crippen molar-refractivity contribution >= 4 is 49.8 Å². The quantitative estimate of drug-likeness (QED) is 0.277.